The van der Waals surface area contributed by atoms with Crippen LogP contribution >= 0.6 is 0 Å². The Morgan fingerprint density at radius 1 is 1.32 bits per heavy atom. The van der Waals surface area contributed by atoms with Crippen molar-refractivity contribution >= 4 is 23.2 Å². The molecule has 2 amide bonds. The molecule has 1 aliphatic heterocycles. The van der Waals surface area contributed by atoms with Gasteiger partial charge in [-0.05, 0) is 39.8 Å². The van der Waals surface area contributed by atoms with Gasteiger partial charge < -0.3 is 15.4 Å². The van der Waals surface area contributed by atoms with E-state index in [1.54, 1.807) is 36.9 Å². The van der Waals surface area contributed by atoms with Crippen molar-refractivity contribution < 1.29 is 14.3 Å². The number of likely N-dealkylation sites (N-methyl/N-ethyl adjacent to an activating group) is 1. The molecule has 120 valence electrons. The third-order valence-corrected chi connectivity index (χ3v) is 3.83. The maximum Gasteiger partial charge on any atom is 0.271 e. The Balaban J connectivity index is 2.41. The average molecular weight is 305 g/mol. The second kappa shape index (κ2) is 5.87. The molecular weight excluding hydrogens is 282 g/mol. The molecule has 2 rings (SSSR count). The molecule has 1 aromatic rings. The smallest absolute Gasteiger partial charge is 0.271 e. The van der Waals surface area contributed by atoms with Crippen LogP contribution in [0.15, 0.2) is 18.2 Å². The third-order valence-electron chi connectivity index (χ3n) is 3.83. The molecule has 0 aliphatic carbocycles. The molecule has 1 heterocycles. The highest BCUT2D eigenvalue weighted by Gasteiger charge is 2.42. The Labute approximate surface area is 130 Å². The highest BCUT2D eigenvalue weighted by Crippen LogP contribution is 2.41. The summed E-state index contributed by atoms with van der Waals surface area (Å²) in [6.07, 6.45) is 0. The molecule has 0 fully saturated rings. The molecule has 22 heavy (non-hydrogen) atoms. The summed E-state index contributed by atoms with van der Waals surface area (Å²) in [6.45, 7) is 8.38. The summed E-state index contributed by atoms with van der Waals surface area (Å²) in [7, 11) is 0. The van der Waals surface area contributed by atoms with Crippen LogP contribution < -0.4 is 15.4 Å². The average Bonchev–Trinajstić information content (AvgIpc) is 2.45. The molecule has 6 nitrogen and oxygen atoms in total. The first-order chi connectivity index (χ1) is 10.3. The van der Waals surface area contributed by atoms with E-state index in [1.807, 2.05) is 13.8 Å². The molecule has 0 saturated carbocycles. The van der Waals surface area contributed by atoms with E-state index >= 15 is 0 Å². The zero-order valence-electron chi connectivity index (χ0n) is 13.5. The van der Waals surface area contributed by atoms with Gasteiger partial charge in [-0.3, -0.25) is 14.5 Å². The van der Waals surface area contributed by atoms with Crippen molar-refractivity contribution in [2.75, 3.05) is 30.3 Å². The first kappa shape index (κ1) is 16.1. The number of nitrogen functional groups attached to an aromatic ring is 1. The van der Waals surface area contributed by atoms with Crippen LogP contribution in [-0.2, 0) is 9.59 Å². The number of ether oxygens (including phenoxy) is 1. The Bertz CT molecular complexity index is 594. The number of nitrogens with zero attached hydrogens (tertiary/aromatic N) is 2. The van der Waals surface area contributed by atoms with Gasteiger partial charge in [-0.25, -0.2) is 0 Å². The number of para-hydroxylation sites is 1. The van der Waals surface area contributed by atoms with Crippen LogP contribution in [0, 0.1) is 0 Å². The number of carbonyl (C=O) groups is 2. The van der Waals surface area contributed by atoms with E-state index in [4.69, 9.17) is 10.5 Å². The maximum absolute atomic E-state index is 12.7. The molecule has 0 spiro atoms. The molecule has 6 heteroatoms. The molecule has 0 saturated heterocycles. The summed E-state index contributed by atoms with van der Waals surface area (Å²) < 4.78 is 5.74. The number of anilines is 2. The fourth-order valence-corrected chi connectivity index (χ4v) is 2.62. The van der Waals surface area contributed by atoms with Gasteiger partial charge in [0.05, 0.1) is 5.69 Å². The van der Waals surface area contributed by atoms with Crippen LogP contribution in [0.25, 0.3) is 0 Å². The first-order valence-electron chi connectivity index (χ1n) is 7.49. The van der Waals surface area contributed by atoms with E-state index in [2.05, 4.69) is 0 Å². The molecule has 0 radical (unpaired) electrons. The molecule has 1 aliphatic rings. The van der Waals surface area contributed by atoms with Crippen molar-refractivity contribution in [3.8, 4) is 5.75 Å². The summed E-state index contributed by atoms with van der Waals surface area (Å²) >= 11 is 0. The largest absolute Gasteiger partial charge is 0.476 e. The normalized spacial score (nSPS) is 16.0. The number of hydrogen-bond acceptors (Lipinski definition) is 4. The Kier molecular flexibility index (Phi) is 4.30. The van der Waals surface area contributed by atoms with Gasteiger partial charge in [0.25, 0.3) is 5.91 Å². The summed E-state index contributed by atoms with van der Waals surface area (Å²) in [5, 5.41) is 0. The predicted molar refractivity (Wildman–Crippen MR) is 85.8 cm³/mol. The summed E-state index contributed by atoms with van der Waals surface area (Å²) in [4.78, 5) is 28.2. The van der Waals surface area contributed by atoms with E-state index in [1.165, 1.54) is 4.90 Å². The number of rotatable bonds is 4. The lowest BCUT2D eigenvalue weighted by Gasteiger charge is -2.39. The quantitative estimate of drug-likeness (QED) is 0.858. The van der Waals surface area contributed by atoms with Crippen LogP contribution in [0.1, 0.15) is 27.7 Å². The lowest BCUT2D eigenvalue weighted by Crippen LogP contribution is -2.55. The minimum Gasteiger partial charge on any atom is -0.476 e. The summed E-state index contributed by atoms with van der Waals surface area (Å²) in [5.74, 6) is 0.153. The number of carbonyl (C=O) groups excluding carboxylic acids is 2. The second-order valence-corrected chi connectivity index (χ2v) is 5.76. The van der Waals surface area contributed by atoms with Gasteiger partial charge >= 0.3 is 0 Å². The fourth-order valence-electron chi connectivity index (χ4n) is 2.62. The Morgan fingerprint density at radius 2 is 1.95 bits per heavy atom. The zero-order chi connectivity index (χ0) is 16.5. The van der Waals surface area contributed by atoms with Crippen molar-refractivity contribution in [1.29, 1.82) is 0 Å². The van der Waals surface area contributed by atoms with Crippen LogP contribution in [-0.4, -0.2) is 41.9 Å². The minimum atomic E-state index is -1.02. The van der Waals surface area contributed by atoms with Crippen molar-refractivity contribution in [2.45, 2.75) is 33.3 Å². The number of fused-ring (bicyclic) bond motifs is 1. The topological polar surface area (TPSA) is 75.9 Å². The number of hydrogen-bond donors (Lipinski definition) is 1. The van der Waals surface area contributed by atoms with Crippen LogP contribution in [0.4, 0.5) is 11.4 Å². The van der Waals surface area contributed by atoms with E-state index in [-0.39, 0.29) is 18.4 Å². The maximum atomic E-state index is 12.7. The highest BCUT2D eigenvalue weighted by atomic mass is 16.5. The van der Waals surface area contributed by atoms with Gasteiger partial charge in [-0.2, -0.15) is 0 Å². The van der Waals surface area contributed by atoms with Gasteiger partial charge in [-0.15, -0.1) is 0 Å². The van der Waals surface area contributed by atoms with Crippen LogP contribution in [0.2, 0.25) is 0 Å². The molecular formula is C16H23N3O3. The van der Waals surface area contributed by atoms with Crippen LogP contribution in [0.3, 0.4) is 0 Å². The highest BCUT2D eigenvalue weighted by molar-refractivity contribution is 6.08. The molecule has 0 aromatic heterocycles. The van der Waals surface area contributed by atoms with E-state index in [0.29, 0.717) is 30.2 Å². The summed E-state index contributed by atoms with van der Waals surface area (Å²) in [6, 6.07) is 5.22. The van der Waals surface area contributed by atoms with Gasteiger partial charge in [0.1, 0.15) is 18.0 Å². The minimum absolute atomic E-state index is 0.0332. The standard InChI is InChI=1S/C16H23N3O3/c1-5-18(6-2)13(20)10-19-14-11(17)8-7-9-12(14)22-16(3,4)15(19)21/h7-9H,5-6,10,17H2,1-4H3. The van der Waals surface area contributed by atoms with E-state index in [9.17, 15) is 9.59 Å². The third kappa shape index (κ3) is 2.73. The Hall–Kier alpha value is -2.24. The van der Waals surface area contributed by atoms with Crippen molar-refractivity contribution in [3.63, 3.8) is 0 Å². The zero-order valence-corrected chi connectivity index (χ0v) is 13.5. The molecule has 0 bridgehead atoms. The van der Waals surface area contributed by atoms with Crippen molar-refractivity contribution in [2.24, 2.45) is 0 Å². The summed E-state index contributed by atoms with van der Waals surface area (Å²) in [5.41, 5.74) is 5.88. The van der Waals surface area contributed by atoms with Gasteiger partial charge in [0.2, 0.25) is 5.91 Å². The fraction of sp³-hybridized carbons (Fsp3) is 0.500. The van der Waals surface area contributed by atoms with Crippen molar-refractivity contribution in [1.82, 2.24) is 4.90 Å². The molecule has 0 unspecified atom stereocenters. The van der Waals surface area contributed by atoms with Gasteiger partial charge in [0, 0.05) is 13.1 Å². The number of benzene rings is 1. The van der Waals surface area contributed by atoms with E-state index in [0.717, 1.165) is 0 Å². The van der Waals surface area contributed by atoms with E-state index < -0.39 is 5.60 Å². The monoisotopic (exact) mass is 305 g/mol. The molecule has 1 aromatic carbocycles. The SMILES string of the molecule is CCN(CC)C(=O)CN1C(=O)C(C)(C)Oc2cccc(N)c21. The van der Waals surface area contributed by atoms with Crippen LogP contribution in [0.5, 0.6) is 5.75 Å². The Morgan fingerprint density at radius 3 is 2.55 bits per heavy atom. The second-order valence-electron chi connectivity index (χ2n) is 5.76. The van der Waals surface area contributed by atoms with Crippen molar-refractivity contribution in [3.05, 3.63) is 18.2 Å². The first-order valence-corrected chi connectivity index (χ1v) is 7.49. The molecule has 2 N–H and O–H groups in total. The molecule has 0 atom stereocenters. The predicted octanol–water partition coefficient (Wildman–Crippen LogP) is 1.64. The lowest BCUT2D eigenvalue weighted by molar-refractivity contribution is -0.136. The number of nitrogens with two attached hydrogens (primary N) is 1. The number of amides is 2. The lowest BCUT2D eigenvalue weighted by atomic mass is 10.0. The van der Waals surface area contributed by atoms with Gasteiger partial charge in [-0.1, -0.05) is 6.07 Å². The van der Waals surface area contributed by atoms with Gasteiger partial charge in [0.15, 0.2) is 5.60 Å².